The number of thiophene rings is 1. The zero-order chi connectivity index (χ0) is 13.0. The van der Waals surface area contributed by atoms with Crippen molar-refractivity contribution in [2.24, 2.45) is 0 Å². The van der Waals surface area contributed by atoms with Crippen LogP contribution in [0, 0.1) is 0 Å². The van der Waals surface area contributed by atoms with E-state index in [-0.39, 0.29) is 6.61 Å². The summed E-state index contributed by atoms with van der Waals surface area (Å²) < 4.78 is 10.2. The Kier molecular flexibility index (Phi) is 3.84. The van der Waals surface area contributed by atoms with E-state index >= 15 is 0 Å². The smallest absolute Gasteiger partial charge is 0.338 e. The molecule has 5 heteroatoms. The Morgan fingerprint density at radius 2 is 2.22 bits per heavy atom. The maximum absolute atomic E-state index is 11.8. The number of carbonyl (C=O) groups is 1. The molecule has 2 N–H and O–H groups in total. The van der Waals surface area contributed by atoms with Gasteiger partial charge in [0.2, 0.25) is 0 Å². The van der Waals surface area contributed by atoms with Crippen molar-refractivity contribution in [3.63, 3.8) is 0 Å². The predicted octanol–water partition coefficient (Wildman–Crippen LogP) is 2.70. The number of nitrogen functional groups attached to an aromatic ring is 1. The lowest BCUT2D eigenvalue weighted by Crippen LogP contribution is -2.06. The van der Waals surface area contributed by atoms with E-state index < -0.39 is 5.97 Å². The standard InChI is InChI=1S/C13H13NO3S/c1-16-12-3-2-10(6-11(12)14)13(15)17-7-9-4-5-18-8-9/h2-6,8H,7,14H2,1H3. The molecule has 2 aromatic rings. The van der Waals surface area contributed by atoms with Crippen molar-refractivity contribution in [2.75, 3.05) is 12.8 Å². The molecule has 1 heterocycles. The summed E-state index contributed by atoms with van der Waals surface area (Å²) in [6.45, 7) is 0.272. The summed E-state index contributed by atoms with van der Waals surface area (Å²) >= 11 is 1.57. The van der Waals surface area contributed by atoms with Gasteiger partial charge in [-0.3, -0.25) is 0 Å². The summed E-state index contributed by atoms with van der Waals surface area (Å²) in [6.07, 6.45) is 0. The number of benzene rings is 1. The average Bonchev–Trinajstić information content (AvgIpc) is 2.89. The molecular weight excluding hydrogens is 250 g/mol. The van der Waals surface area contributed by atoms with Crippen LogP contribution in [0.1, 0.15) is 15.9 Å². The molecule has 0 bridgehead atoms. The van der Waals surface area contributed by atoms with Gasteiger partial charge in [-0.2, -0.15) is 11.3 Å². The minimum absolute atomic E-state index is 0.272. The molecule has 0 unspecified atom stereocenters. The SMILES string of the molecule is COc1ccc(C(=O)OCc2ccsc2)cc1N. The zero-order valence-corrected chi connectivity index (χ0v) is 10.7. The van der Waals surface area contributed by atoms with Crippen molar-refractivity contribution >= 4 is 23.0 Å². The molecule has 0 atom stereocenters. The topological polar surface area (TPSA) is 61.5 Å². The van der Waals surface area contributed by atoms with Crippen LogP contribution in [0.5, 0.6) is 5.75 Å². The fraction of sp³-hybridized carbons (Fsp3) is 0.154. The van der Waals surface area contributed by atoms with Crippen molar-refractivity contribution < 1.29 is 14.3 Å². The van der Waals surface area contributed by atoms with Gasteiger partial charge in [-0.25, -0.2) is 4.79 Å². The first-order valence-electron chi connectivity index (χ1n) is 5.32. The van der Waals surface area contributed by atoms with E-state index in [1.165, 1.54) is 7.11 Å². The maximum atomic E-state index is 11.8. The quantitative estimate of drug-likeness (QED) is 0.680. The Bertz CT molecular complexity index is 537. The largest absolute Gasteiger partial charge is 0.495 e. The first kappa shape index (κ1) is 12.4. The first-order valence-corrected chi connectivity index (χ1v) is 6.26. The van der Waals surface area contributed by atoms with Gasteiger partial charge in [0.25, 0.3) is 0 Å². The second-order valence-electron chi connectivity index (χ2n) is 3.66. The number of nitrogens with two attached hydrogens (primary N) is 1. The second kappa shape index (κ2) is 5.55. The Balaban J connectivity index is 2.02. The number of hydrogen-bond donors (Lipinski definition) is 1. The maximum Gasteiger partial charge on any atom is 0.338 e. The van der Waals surface area contributed by atoms with E-state index in [0.717, 1.165) is 5.56 Å². The highest BCUT2D eigenvalue weighted by Gasteiger charge is 2.10. The highest BCUT2D eigenvalue weighted by molar-refractivity contribution is 7.07. The lowest BCUT2D eigenvalue weighted by atomic mass is 10.2. The molecule has 18 heavy (non-hydrogen) atoms. The van der Waals surface area contributed by atoms with E-state index in [1.807, 2.05) is 16.8 Å². The highest BCUT2D eigenvalue weighted by atomic mass is 32.1. The monoisotopic (exact) mass is 263 g/mol. The van der Waals surface area contributed by atoms with Crippen LogP contribution in [0.15, 0.2) is 35.0 Å². The Morgan fingerprint density at radius 1 is 1.39 bits per heavy atom. The van der Waals surface area contributed by atoms with Crippen molar-refractivity contribution in [1.82, 2.24) is 0 Å². The molecule has 0 fully saturated rings. The third kappa shape index (κ3) is 2.81. The van der Waals surface area contributed by atoms with Crippen LogP contribution in [-0.4, -0.2) is 13.1 Å². The van der Waals surface area contributed by atoms with Crippen molar-refractivity contribution in [3.8, 4) is 5.75 Å². The van der Waals surface area contributed by atoms with E-state index in [0.29, 0.717) is 17.0 Å². The van der Waals surface area contributed by atoms with Crippen LogP contribution in [-0.2, 0) is 11.3 Å². The Hall–Kier alpha value is -2.01. The number of methoxy groups -OCH3 is 1. The lowest BCUT2D eigenvalue weighted by Gasteiger charge is -2.07. The molecule has 0 saturated carbocycles. The van der Waals surface area contributed by atoms with Crippen LogP contribution in [0.2, 0.25) is 0 Å². The Labute approximate surface area is 109 Å². The molecule has 0 aliphatic rings. The van der Waals surface area contributed by atoms with E-state index in [4.69, 9.17) is 15.2 Å². The van der Waals surface area contributed by atoms with Crippen molar-refractivity contribution in [1.29, 1.82) is 0 Å². The molecule has 0 saturated heterocycles. The van der Waals surface area contributed by atoms with Gasteiger partial charge >= 0.3 is 5.97 Å². The van der Waals surface area contributed by atoms with Gasteiger partial charge in [0.05, 0.1) is 18.4 Å². The van der Waals surface area contributed by atoms with Gasteiger partial charge in [0, 0.05) is 5.56 Å². The van der Waals surface area contributed by atoms with Crippen LogP contribution in [0.3, 0.4) is 0 Å². The van der Waals surface area contributed by atoms with Gasteiger partial charge in [-0.1, -0.05) is 0 Å². The van der Waals surface area contributed by atoms with E-state index in [9.17, 15) is 4.79 Å². The number of carbonyl (C=O) groups excluding carboxylic acids is 1. The number of ether oxygens (including phenoxy) is 2. The minimum Gasteiger partial charge on any atom is -0.495 e. The molecule has 4 nitrogen and oxygen atoms in total. The molecular formula is C13H13NO3S. The molecule has 1 aromatic carbocycles. The number of anilines is 1. The van der Waals surface area contributed by atoms with E-state index in [2.05, 4.69) is 0 Å². The number of esters is 1. The summed E-state index contributed by atoms with van der Waals surface area (Å²) in [6, 6.07) is 6.75. The van der Waals surface area contributed by atoms with Crippen molar-refractivity contribution in [2.45, 2.75) is 6.61 Å². The Morgan fingerprint density at radius 3 is 2.83 bits per heavy atom. The molecule has 0 aliphatic carbocycles. The molecule has 0 aliphatic heterocycles. The summed E-state index contributed by atoms with van der Waals surface area (Å²) in [5.41, 5.74) is 7.55. The average molecular weight is 263 g/mol. The van der Waals surface area contributed by atoms with Crippen molar-refractivity contribution in [3.05, 3.63) is 46.2 Å². The fourth-order valence-electron chi connectivity index (χ4n) is 1.47. The molecule has 0 spiro atoms. The minimum atomic E-state index is -0.393. The second-order valence-corrected chi connectivity index (χ2v) is 4.44. The van der Waals surface area contributed by atoms with Crippen LogP contribution < -0.4 is 10.5 Å². The van der Waals surface area contributed by atoms with Crippen LogP contribution in [0.25, 0.3) is 0 Å². The van der Waals surface area contributed by atoms with Gasteiger partial charge in [-0.05, 0) is 35.0 Å². The summed E-state index contributed by atoms with van der Waals surface area (Å²) in [5, 5.41) is 3.88. The summed E-state index contributed by atoms with van der Waals surface area (Å²) in [4.78, 5) is 11.8. The lowest BCUT2D eigenvalue weighted by molar-refractivity contribution is 0.0473. The van der Waals surface area contributed by atoms with Gasteiger partial charge in [-0.15, -0.1) is 0 Å². The van der Waals surface area contributed by atoms with Gasteiger partial charge in [0.1, 0.15) is 12.4 Å². The first-order chi connectivity index (χ1) is 8.70. The van der Waals surface area contributed by atoms with E-state index in [1.54, 1.807) is 29.5 Å². The molecule has 1 aromatic heterocycles. The number of hydrogen-bond acceptors (Lipinski definition) is 5. The number of rotatable bonds is 4. The molecule has 0 amide bonds. The molecule has 2 rings (SSSR count). The molecule has 0 radical (unpaired) electrons. The molecule has 94 valence electrons. The third-order valence-electron chi connectivity index (χ3n) is 2.42. The van der Waals surface area contributed by atoms with Crippen LogP contribution in [0.4, 0.5) is 5.69 Å². The highest BCUT2D eigenvalue weighted by Crippen LogP contribution is 2.22. The van der Waals surface area contributed by atoms with Gasteiger partial charge in [0.15, 0.2) is 0 Å². The predicted molar refractivity (Wildman–Crippen MR) is 70.8 cm³/mol. The summed E-state index contributed by atoms with van der Waals surface area (Å²) in [7, 11) is 1.53. The third-order valence-corrected chi connectivity index (χ3v) is 3.15. The zero-order valence-electron chi connectivity index (χ0n) is 9.88. The summed E-state index contributed by atoms with van der Waals surface area (Å²) in [5.74, 6) is 0.153. The normalized spacial score (nSPS) is 10.1. The van der Waals surface area contributed by atoms with Gasteiger partial charge < -0.3 is 15.2 Å². The van der Waals surface area contributed by atoms with Crippen LogP contribution >= 0.6 is 11.3 Å². The fourth-order valence-corrected chi connectivity index (χ4v) is 2.12.